The summed E-state index contributed by atoms with van der Waals surface area (Å²) in [5.41, 5.74) is 2.46. The molecule has 1 aromatic heterocycles. The molecule has 1 aliphatic rings. The average molecular weight is 424 g/mol. The van der Waals surface area contributed by atoms with Crippen LogP contribution in [0.4, 0.5) is 0 Å². The molecule has 6 nitrogen and oxygen atoms in total. The highest BCUT2D eigenvalue weighted by Gasteiger charge is 2.30. The number of piperazine rings is 1. The number of hydrogen-bond acceptors (Lipinski definition) is 4. The number of nitrogens with zero attached hydrogens (tertiary/aromatic N) is 2. The third kappa shape index (κ3) is 4.23. The first kappa shape index (κ1) is 20.5. The van der Waals surface area contributed by atoms with Crippen LogP contribution in [0.2, 0.25) is 0 Å². The average Bonchev–Trinajstić information content (AvgIpc) is 3.22. The van der Waals surface area contributed by atoms with Gasteiger partial charge in [0.15, 0.2) is 5.78 Å². The number of ketones is 1. The van der Waals surface area contributed by atoms with E-state index >= 15 is 0 Å². The molecule has 1 atom stereocenters. The van der Waals surface area contributed by atoms with Crippen LogP contribution in [0.1, 0.15) is 22.8 Å². The zero-order chi connectivity index (χ0) is 21.1. The number of aromatic nitrogens is 1. The Labute approximate surface area is 176 Å². The Morgan fingerprint density at radius 1 is 1.00 bits per heavy atom. The van der Waals surface area contributed by atoms with Gasteiger partial charge in [0.1, 0.15) is 0 Å². The summed E-state index contributed by atoms with van der Waals surface area (Å²) in [4.78, 5) is 18.3. The standard InChI is InChI=1S/C23H25N3O3S/c1-18(23(27)21-17-24-22-10-6-5-9-20(21)22)25-12-14-26(15-13-25)30(28,29)16-11-19-7-3-2-4-8-19/h2-11,16-18,24H,12-15H2,1H3/b16-11+/t18-/m0/s1. The molecular weight excluding hydrogens is 398 g/mol. The zero-order valence-electron chi connectivity index (χ0n) is 16.9. The highest BCUT2D eigenvalue weighted by molar-refractivity contribution is 7.92. The zero-order valence-corrected chi connectivity index (χ0v) is 17.7. The number of H-pyrrole nitrogens is 1. The summed E-state index contributed by atoms with van der Waals surface area (Å²) in [5, 5.41) is 2.18. The second kappa shape index (κ2) is 8.55. The summed E-state index contributed by atoms with van der Waals surface area (Å²) in [6.07, 6.45) is 3.38. The Balaban J connectivity index is 1.40. The molecule has 1 fully saturated rings. The largest absolute Gasteiger partial charge is 0.360 e. The SMILES string of the molecule is C[C@@H](C(=O)c1c[nH]c2ccccc12)N1CCN(S(=O)(=O)/C=C/c2ccccc2)CC1. The minimum absolute atomic E-state index is 0.0488. The minimum atomic E-state index is -3.49. The van der Waals surface area contributed by atoms with Gasteiger partial charge in [-0.05, 0) is 24.6 Å². The van der Waals surface area contributed by atoms with Crippen LogP contribution in [0.3, 0.4) is 0 Å². The predicted molar refractivity (Wildman–Crippen MR) is 120 cm³/mol. The molecule has 4 rings (SSSR count). The molecule has 3 aromatic rings. The lowest BCUT2D eigenvalue weighted by molar-refractivity contribution is 0.0784. The fraction of sp³-hybridized carbons (Fsp3) is 0.261. The van der Waals surface area contributed by atoms with Crippen LogP contribution in [0.5, 0.6) is 0 Å². The smallest absolute Gasteiger partial charge is 0.236 e. The fourth-order valence-corrected chi connectivity index (χ4v) is 5.00. The first-order chi connectivity index (χ1) is 14.5. The third-order valence-corrected chi connectivity index (χ3v) is 7.21. The molecule has 1 N–H and O–H groups in total. The lowest BCUT2D eigenvalue weighted by Gasteiger charge is -2.36. The Bertz CT molecular complexity index is 1160. The van der Waals surface area contributed by atoms with Gasteiger partial charge in [-0.25, -0.2) is 8.42 Å². The first-order valence-electron chi connectivity index (χ1n) is 10.0. The van der Waals surface area contributed by atoms with E-state index in [1.165, 1.54) is 9.71 Å². The van der Waals surface area contributed by atoms with Crippen molar-refractivity contribution in [2.45, 2.75) is 13.0 Å². The van der Waals surface area contributed by atoms with Gasteiger partial charge in [0.2, 0.25) is 10.0 Å². The van der Waals surface area contributed by atoms with Crippen molar-refractivity contribution >= 4 is 32.8 Å². The van der Waals surface area contributed by atoms with E-state index in [9.17, 15) is 13.2 Å². The van der Waals surface area contributed by atoms with Gasteiger partial charge in [-0.1, -0.05) is 48.5 Å². The molecule has 7 heteroatoms. The van der Waals surface area contributed by atoms with Gasteiger partial charge >= 0.3 is 0 Å². The van der Waals surface area contributed by atoms with E-state index in [-0.39, 0.29) is 11.8 Å². The molecule has 0 amide bonds. The van der Waals surface area contributed by atoms with E-state index in [4.69, 9.17) is 0 Å². The summed E-state index contributed by atoms with van der Waals surface area (Å²) in [6, 6.07) is 16.8. The first-order valence-corrected chi connectivity index (χ1v) is 11.5. The number of Topliss-reactive ketones (excluding diaryl/α,β-unsaturated/α-hetero) is 1. The number of sulfonamides is 1. The molecule has 30 heavy (non-hydrogen) atoms. The molecule has 0 unspecified atom stereocenters. The van der Waals surface area contributed by atoms with E-state index in [0.29, 0.717) is 31.7 Å². The summed E-state index contributed by atoms with van der Waals surface area (Å²) in [7, 11) is -3.49. The molecule has 1 saturated heterocycles. The van der Waals surface area contributed by atoms with E-state index in [2.05, 4.69) is 9.88 Å². The molecule has 2 heterocycles. The normalized spacial score (nSPS) is 17.5. The third-order valence-electron chi connectivity index (χ3n) is 5.65. The van der Waals surface area contributed by atoms with Crippen molar-refractivity contribution in [1.29, 1.82) is 0 Å². The maximum Gasteiger partial charge on any atom is 0.236 e. The van der Waals surface area contributed by atoms with Gasteiger partial charge in [-0.2, -0.15) is 4.31 Å². The van der Waals surface area contributed by atoms with Crippen molar-refractivity contribution in [2.24, 2.45) is 0 Å². The highest BCUT2D eigenvalue weighted by Crippen LogP contribution is 2.21. The van der Waals surface area contributed by atoms with Gasteiger partial charge in [0, 0.05) is 54.3 Å². The van der Waals surface area contributed by atoms with E-state index in [1.54, 1.807) is 12.3 Å². The molecular formula is C23H25N3O3S. The number of benzene rings is 2. The summed E-state index contributed by atoms with van der Waals surface area (Å²) in [5.74, 6) is 0.0488. The minimum Gasteiger partial charge on any atom is -0.360 e. The van der Waals surface area contributed by atoms with Crippen molar-refractivity contribution in [3.8, 4) is 0 Å². The number of carbonyl (C=O) groups excluding carboxylic acids is 1. The topological polar surface area (TPSA) is 73.5 Å². The van der Waals surface area contributed by atoms with Gasteiger partial charge in [-0.15, -0.1) is 0 Å². The predicted octanol–water partition coefficient (Wildman–Crippen LogP) is 3.36. The van der Waals surface area contributed by atoms with Crippen molar-refractivity contribution in [3.63, 3.8) is 0 Å². The number of para-hydroxylation sites is 1. The molecule has 0 bridgehead atoms. The van der Waals surface area contributed by atoms with Gasteiger partial charge in [0.05, 0.1) is 6.04 Å². The summed E-state index contributed by atoms with van der Waals surface area (Å²) >= 11 is 0. The van der Waals surface area contributed by atoms with Crippen LogP contribution in [0, 0.1) is 0 Å². The molecule has 0 aliphatic carbocycles. The number of nitrogens with one attached hydrogen (secondary N) is 1. The number of fused-ring (bicyclic) bond motifs is 1. The summed E-state index contributed by atoms with van der Waals surface area (Å²) in [6.45, 7) is 3.67. The lowest BCUT2D eigenvalue weighted by atomic mass is 10.0. The number of rotatable bonds is 6. The molecule has 1 aliphatic heterocycles. The maximum atomic E-state index is 13.1. The van der Waals surface area contributed by atoms with Crippen molar-refractivity contribution in [2.75, 3.05) is 26.2 Å². The molecule has 0 spiro atoms. The van der Waals surface area contributed by atoms with Crippen LogP contribution in [0.15, 0.2) is 66.2 Å². The maximum absolute atomic E-state index is 13.1. The fourth-order valence-electron chi connectivity index (χ4n) is 3.83. The van der Waals surface area contributed by atoms with Gasteiger partial charge < -0.3 is 4.98 Å². The number of aromatic amines is 1. The van der Waals surface area contributed by atoms with Gasteiger partial charge in [0.25, 0.3) is 0 Å². The Morgan fingerprint density at radius 2 is 1.67 bits per heavy atom. The van der Waals surface area contributed by atoms with Crippen molar-refractivity contribution in [1.82, 2.24) is 14.2 Å². The Morgan fingerprint density at radius 3 is 2.40 bits per heavy atom. The van der Waals surface area contributed by atoms with Crippen LogP contribution >= 0.6 is 0 Å². The number of carbonyl (C=O) groups is 1. The Kier molecular flexibility index (Phi) is 5.85. The quantitative estimate of drug-likeness (QED) is 0.617. The van der Waals surface area contributed by atoms with E-state index in [0.717, 1.165) is 16.5 Å². The van der Waals surface area contributed by atoms with Crippen LogP contribution in [0.25, 0.3) is 17.0 Å². The van der Waals surface area contributed by atoms with E-state index in [1.807, 2.05) is 61.5 Å². The van der Waals surface area contributed by atoms with E-state index < -0.39 is 10.0 Å². The molecule has 0 radical (unpaired) electrons. The van der Waals surface area contributed by atoms with Crippen LogP contribution in [-0.2, 0) is 10.0 Å². The van der Waals surface area contributed by atoms with Crippen molar-refractivity contribution < 1.29 is 13.2 Å². The Hall–Kier alpha value is -2.74. The van der Waals surface area contributed by atoms with Gasteiger partial charge in [-0.3, -0.25) is 9.69 Å². The molecule has 156 valence electrons. The molecule has 2 aromatic carbocycles. The highest BCUT2D eigenvalue weighted by atomic mass is 32.2. The second-order valence-electron chi connectivity index (χ2n) is 7.48. The lowest BCUT2D eigenvalue weighted by Crippen LogP contribution is -2.52. The van der Waals surface area contributed by atoms with Crippen LogP contribution in [-0.4, -0.2) is 60.6 Å². The van der Waals surface area contributed by atoms with Crippen molar-refractivity contribution in [3.05, 3.63) is 77.3 Å². The number of hydrogen-bond donors (Lipinski definition) is 1. The van der Waals surface area contributed by atoms with Crippen LogP contribution < -0.4 is 0 Å². The monoisotopic (exact) mass is 423 g/mol. The second-order valence-corrected chi connectivity index (χ2v) is 9.30. The summed E-state index contributed by atoms with van der Waals surface area (Å²) < 4.78 is 26.8. The molecule has 0 saturated carbocycles.